The van der Waals surface area contributed by atoms with Gasteiger partial charge in [-0.25, -0.2) is 9.78 Å². The molecule has 3 nitrogen and oxygen atoms in total. The van der Waals surface area contributed by atoms with Gasteiger partial charge in [0.1, 0.15) is 5.03 Å². The van der Waals surface area contributed by atoms with E-state index >= 15 is 0 Å². The second-order valence-electron chi connectivity index (χ2n) is 2.33. The average molecular weight is 230 g/mol. The molecule has 0 aliphatic rings. The molecule has 1 N–H and O–H groups in total. The van der Waals surface area contributed by atoms with Crippen LogP contribution in [0.5, 0.6) is 0 Å². The fourth-order valence-electron chi connectivity index (χ4n) is 0.832. The van der Waals surface area contributed by atoms with Crippen molar-refractivity contribution in [3.05, 3.63) is 35.5 Å². The Morgan fingerprint density at radius 2 is 2.50 bits per heavy atom. The lowest BCUT2D eigenvalue weighted by atomic mass is 10.3. The maximum atomic E-state index is 10.8. The van der Waals surface area contributed by atoms with Crippen molar-refractivity contribution in [2.24, 2.45) is 0 Å². The van der Waals surface area contributed by atoms with E-state index in [9.17, 15) is 4.79 Å². The molecule has 0 saturated heterocycles. The summed E-state index contributed by atoms with van der Waals surface area (Å²) in [4.78, 5) is 14.7. The second-order valence-corrected chi connectivity index (χ2v) is 3.59. The number of carboxylic acids is 1. The highest BCUT2D eigenvalue weighted by Crippen LogP contribution is 2.19. The van der Waals surface area contributed by atoms with E-state index in [0.29, 0.717) is 10.8 Å². The van der Waals surface area contributed by atoms with E-state index in [1.165, 1.54) is 23.4 Å². The Morgan fingerprint density at radius 1 is 1.71 bits per heavy atom. The van der Waals surface area contributed by atoms with E-state index in [1.807, 2.05) is 0 Å². The number of pyridine rings is 1. The summed E-state index contributed by atoms with van der Waals surface area (Å²) in [6.45, 7) is 0. The van der Waals surface area contributed by atoms with E-state index < -0.39 is 5.97 Å². The van der Waals surface area contributed by atoms with Crippen LogP contribution < -0.4 is 0 Å². The van der Waals surface area contributed by atoms with Crippen molar-refractivity contribution >= 4 is 29.3 Å². The van der Waals surface area contributed by atoms with Crippen LogP contribution in [0.15, 0.2) is 35.0 Å². The van der Waals surface area contributed by atoms with Gasteiger partial charge in [0.25, 0.3) is 0 Å². The van der Waals surface area contributed by atoms with Gasteiger partial charge in [0.2, 0.25) is 0 Å². The minimum Gasteiger partial charge on any atom is -0.478 e. The Labute approximate surface area is 90.8 Å². The molecule has 1 heterocycles. The molecule has 0 atom stereocenters. The van der Waals surface area contributed by atoms with Crippen LogP contribution in [-0.2, 0) is 0 Å². The Morgan fingerprint density at radius 3 is 3.14 bits per heavy atom. The standard InChI is InChI=1S/C9H8ClNO2S/c10-4-2-6-14-8-7(9(12)13)3-1-5-11-8/h1-5H,6H2,(H,12,13)/b4-2+. The Kier molecular flexibility index (Phi) is 4.49. The van der Waals surface area contributed by atoms with Crippen LogP contribution in [0.4, 0.5) is 0 Å². The van der Waals surface area contributed by atoms with Crippen molar-refractivity contribution in [3.63, 3.8) is 0 Å². The van der Waals surface area contributed by atoms with E-state index in [2.05, 4.69) is 4.98 Å². The molecule has 0 unspecified atom stereocenters. The Balaban J connectivity index is 2.79. The predicted molar refractivity (Wildman–Crippen MR) is 56.9 cm³/mol. The third-order valence-electron chi connectivity index (χ3n) is 1.41. The molecule has 1 rings (SSSR count). The summed E-state index contributed by atoms with van der Waals surface area (Å²) in [6, 6.07) is 3.13. The summed E-state index contributed by atoms with van der Waals surface area (Å²) < 4.78 is 0. The van der Waals surface area contributed by atoms with E-state index in [0.717, 1.165) is 0 Å². The molecule has 0 spiro atoms. The first kappa shape index (κ1) is 11.1. The van der Waals surface area contributed by atoms with Gasteiger partial charge in [0.05, 0.1) is 5.56 Å². The number of thioether (sulfide) groups is 1. The number of carbonyl (C=O) groups is 1. The van der Waals surface area contributed by atoms with Crippen LogP contribution in [0, 0.1) is 0 Å². The topological polar surface area (TPSA) is 50.2 Å². The number of carboxylic acid groups (broad SMARTS) is 1. The molecule has 1 aromatic rings. The van der Waals surface area contributed by atoms with Gasteiger partial charge in [0, 0.05) is 17.5 Å². The number of hydrogen-bond donors (Lipinski definition) is 1. The van der Waals surface area contributed by atoms with Gasteiger partial charge in [0.15, 0.2) is 0 Å². The summed E-state index contributed by atoms with van der Waals surface area (Å²) in [5.74, 6) is -0.351. The van der Waals surface area contributed by atoms with Gasteiger partial charge in [-0.1, -0.05) is 17.7 Å². The molecule has 0 radical (unpaired) electrons. The van der Waals surface area contributed by atoms with Crippen molar-refractivity contribution < 1.29 is 9.90 Å². The minimum atomic E-state index is -0.963. The van der Waals surface area contributed by atoms with Gasteiger partial charge < -0.3 is 5.11 Å². The number of halogens is 1. The molecule has 0 amide bonds. The molecule has 14 heavy (non-hydrogen) atoms. The van der Waals surface area contributed by atoms with Gasteiger partial charge in [-0.3, -0.25) is 0 Å². The Hall–Kier alpha value is -1.000. The predicted octanol–water partition coefficient (Wildman–Crippen LogP) is 2.62. The lowest BCUT2D eigenvalue weighted by Gasteiger charge is -2.01. The van der Waals surface area contributed by atoms with Gasteiger partial charge >= 0.3 is 5.97 Å². The molecular formula is C9H8ClNO2S. The van der Waals surface area contributed by atoms with Crippen LogP contribution in [0.25, 0.3) is 0 Å². The molecule has 0 aromatic carbocycles. The summed E-state index contributed by atoms with van der Waals surface area (Å²) >= 11 is 6.68. The highest BCUT2D eigenvalue weighted by atomic mass is 35.5. The van der Waals surface area contributed by atoms with Crippen LogP contribution >= 0.6 is 23.4 Å². The number of aromatic carboxylic acids is 1. The minimum absolute atomic E-state index is 0.223. The second kappa shape index (κ2) is 5.67. The molecule has 0 bridgehead atoms. The summed E-state index contributed by atoms with van der Waals surface area (Å²) in [6.07, 6.45) is 3.30. The summed E-state index contributed by atoms with van der Waals surface area (Å²) in [5.41, 5.74) is 1.62. The largest absolute Gasteiger partial charge is 0.478 e. The molecule has 0 aliphatic heterocycles. The lowest BCUT2D eigenvalue weighted by Crippen LogP contribution is -2.00. The van der Waals surface area contributed by atoms with Crippen molar-refractivity contribution in [3.8, 4) is 0 Å². The van der Waals surface area contributed by atoms with Crippen molar-refractivity contribution in [1.82, 2.24) is 4.98 Å². The van der Waals surface area contributed by atoms with Crippen molar-refractivity contribution in [2.45, 2.75) is 5.03 Å². The van der Waals surface area contributed by atoms with Crippen LogP contribution in [0.2, 0.25) is 0 Å². The number of aromatic nitrogens is 1. The monoisotopic (exact) mass is 229 g/mol. The fourth-order valence-corrected chi connectivity index (χ4v) is 1.82. The molecule has 0 fully saturated rings. The van der Waals surface area contributed by atoms with Crippen LogP contribution in [0.1, 0.15) is 10.4 Å². The third-order valence-corrected chi connectivity index (χ3v) is 2.54. The smallest absolute Gasteiger partial charge is 0.338 e. The van der Waals surface area contributed by atoms with Crippen molar-refractivity contribution in [2.75, 3.05) is 5.75 Å². The van der Waals surface area contributed by atoms with Gasteiger partial charge in [-0.05, 0) is 12.1 Å². The Bertz CT molecular complexity index is 354. The normalized spacial score (nSPS) is 10.6. The summed E-state index contributed by atoms with van der Waals surface area (Å²) in [7, 11) is 0. The van der Waals surface area contributed by atoms with Crippen LogP contribution in [-0.4, -0.2) is 21.8 Å². The van der Waals surface area contributed by atoms with E-state index in [1.54, 1.807) is 18.3 Å². The SMILES string of the molecule is O=C(O)c1cccnc1SC/C=C/Cl. The van der Waals surface area contributed by atoms with E-state index in [4.69, 9.17) is 16.7 Å². The maximum Gasteiger partial charge on any atom is 0.338 e. The highest BCUT2D eigenvalue weighted by Gasteiger charge is 2.09. The maximum absolute atomic E-state index is 10.8. The summed E-state index contributed by atoms with van der Waals surface area (Å²) in [5, 5.41) is 9.33. The third kappa shape index (κ3) is 3.05. The zero-order valence-electron chi connectivity index (χ0n) is 7.18. The first-order chi connectivity index (χ1) is 6.75. The molecular weight excluding hydrogens is 222 g/mol. The molecule has 0 aliphatic carbocycles. The van der Waals surface area contributed by atoms with Crippen LogP contribution in [0.3, 0.4) is 0 Å². The first-order valence-electron chi connectivity index (χ1n) is 3.82. The first-order valence-corrected chi connectivity index (χ1v) is 5.24. The highest BCUT2D eigenvalue weighted by molar-refractivity contribution is 7.99. The number of rotatable bonds is 4. The van der Waals surface area contributed by atoms with Gasteiger partial charge in [-0.15, -0.1) is 11.8 Å². The zero-order chi connectivity index (χ0) is 10.4. The quantitative estimate of drug-likeness (QED) is 0.807. The molecule has 1 aromatic heterocycles. The van der Waals surface area contributed by atoms with Gasteiger partial charge in [-0.2, -0.15) is 0 Å². The molecule has 74 valence electrons. The lowest BCUT2D eigenvalue weighted by molar-refractivity contribution is 0.0692. The molecule has 5 heteroatoms. The number of hydrogen-bond acceptors (Lipinski definition) is 3. The molecule has 0 saturated carbocycles. The fraction of sp³-hybridized carbons (Fsp3) is 0.111. The zero-order valence-corrected chi connectivity index (χ0v) is 8.76. The average Bonchev–Trinajstić information content (AvgIpc) is 2.19. The number of nitrogens with zero attached hydrogens (tertiary/aromatic N) is 1. The van der Waals surface area contributed by atoms with E-state index in [-0.39, 0.29) is 5.56 Å². The van der Waals surface area contributed by atoms with Crippen molar-refractivity contribution in [1.29, 1.82) is 0 Å².